The van der Waals surface area contributed by atoms with E-state index in [2.05, 4.69) is 5.32 Å². The van der Waals surface area contributed by atoms with Gasteiger partial charge in [-0.3, -0.25) is 0 Å². The van der Waals surface area contributed by atoms with Crippen molar-refractivity contribution < 1.29 is 9.50 Å². The van der Waals surface area contributed by atoms with Crippen LogP contribution in [0, 0.1) is 12.7 Å². The van der Waals surface area contributed by atoms with Gasteiger partial charge in [-0.15, -0.1) is 0 Å². The highest BCUT2D eigenvalue weighted by molar-refractivity contribution is 5.50. The fourth-order valence-corrected chi connectivity index (χ4v) is 2.07. The Hall–Kier alpha value is -2.03. The van der Waals surface area contributed by atoms with E-state index in [0.717, 1.165) is 11.3 Å². The highest BCUT2D eigenvalue weighted by Crippen LogP contribution is 2.21. The Bertz CT molecular complexity index is 568. The first-order valence-electron chi connectivity index (χ1n) is 6.36. The summed E-state index contributed by atoms with van der Waals surface area (Å²) in [6.07, 6.45) is 0.618. The lowest BCUT2D eigenvalue weighted by Gasteiger charge is -2.16. The third-order valence-corrected chi connectivity index (χ3v) is 3.09. The third kappa shape index (κ3) is 3.47. The Morgan fingerprint density at radius 3 is 2.63 bits per heavy atom. The molecule has 0 spiro atoms. The Balaban J connectivity index is 2.03. The monoisotopic (exact) mass is 259 g/mol. The molecule has 0 amide bonds. The van der Waals surface area contributed by atoms with Crippen LogP contribution in [0.3, 0.4) is 0 Å². The van der Waals surface area contributed by atoms with Crippen LogP contribution in [0.1, 0.15) is 18.1 Å². The first kappa shape index (κ1) is 13.4. The quantitative estimate of drug-likeness (QED) is 0.817. The molecule has 1 atom stereocenters. The van der Waals surface area contributed by atoms with Crippen LogP contribution in [-0.2, 0) is 6.42 Å². The molecule has 19 heavy (non-hydrogen) atoms. The summed E-state index contributed by atoms with van der Waals surface area (Å²) >= 11 is 0. The van der Waals surface area contributed by atoms with Crippen molar-refractivity contribution >= 4 is 5.69 Å². The summed E-state index contributed by atoms with van der Waals surface area (Å²) in [5.41, 5.74) is 2.46. The van der Waals surface area contributed by atoms with Crippen molar-refractivity contribution in [3.05, 3.63) is 59.4 Å². The van der Waals surface area contributed by atoms with E-state index in [1.165, 1.54) is 6.07 Å². The zero-order chi connectivity index (χ0) is 13.8. The van der Waals surface area contributed by atoms with E-state index < -0.39 is 0 Å². The van der Waals surface area contributed by atoms with Crippen molar-refractivity contribution in [3.8, 4) is 5.75 Å². The number of aryl methyl sites for hydroxylation is 1. The number of aromatic hydroxyl groups is 1. The van der Waals surface area contributed by atoms with Gasteiger partial charge in [0.25, 0.3) is 0 Å². The molecule has 2 aromatic carbocycles. The minimum Gasteiger partial charge on any atom is -0.508 e. The SMILES string of the molecule is Cc1cc(NC(C)Cc2ccccc2F)ccc1O. The van der Waals surface area contributed by atoms with E-state index in [1.54, 1.807) is 18.2 Å². The van der Waals surface area contributed by atoms with Gasteiger partial charge in [-0.1, -0.05) is 18.2 Å². The molecule has 0 saturated carbocycles. The number of anilines is 1. The summed E-state index contributed by atoms with van der Waals surface area (Å²) in [4.78, 5) is 0. The van der Waals surface area contributed by atoms with Gasteiger partial charge in [0, 0.05) is 11.7 Å². The van der Waals surface area contributed by atoms with Gasteiger partial charge in [0.15, 0.2) is 0 Å². The van der Waals surface area contributed by atoms with Crippen LogP contribution in [0.15, 0.2) is 42.5 Å². The van der Waals surface area contributed by atoms with E-state index >= 15 is 0 Å². The molecule has 0 aliphatic carbocycles. The van der Waals surface area contributed by atoms with Gasteiger partial charge in [-0.25, -0.2) is 4.39 Å². The highest BCUT2D eigenvalue weighted by Gasteiger charge is 2.08. The lowest BCUT2D eigenvalue weighted by Crippen LogP contribution is -2.18. The number of hydrogen-bond acceptors (Lipinski definition) is 2. The number of hydrogen-bond donors (Lipinski definition) is 2. The molecule has 0 heterocycles. The fraction of sp³-hybridized carbons (Fsp3) is 0.250. The minimum absolute atomic E-state index is 0.112. The number of rotatable bonds is 4. The topological polar surface area (TPSA) is 32.3 Å². The zero-order valence-corrected chi connectivity index (χ0v) is 11.2. The lowest BCUT2D eigenvalue weighted by atomic mass is 10.1. The molecule has 0 fully saturated rings. The lowest BCUT2D eigenvalue weighted by molar-refractivity contribution is 0.471. The second kappa shape index (κ2) is 5.74. The molecule has 1 unspecified atom stereocenters. The summed E-state index contributed by atoms with van der Waals surface area (Å²) in [7, 11) is 0. The molecular weight excluding hydrogens is 241 g/mol. The smallest absolute Gasteiger partial charge is 0.126 e. The summed E-state index contributed by atoms with van der Waals surface area (Å²) < 4.78 is 13.5. The van der Waals surface area contributed by atoms with Crippen molar-refractivity contribution in [3.63, 3.8) is 0 Å². The molecule has 2 nitrogen and oxygen atoms in total. The largest absolute Gasteiger partial charge is 0.508 e. The standard InChI is InChI=1S/C16H18FNO/c1-11-9-14(7-8-16(11)19)18-12(2)10-13-5-3-4-6-15(13)17/h3-9,12,18-19H,10H2,1-2H3. The number of nitrogens with one attached hydrogen (secondary N) is 1. The molecule has 2 aromatic rings. The van der Waals surface area contributed by atoms with Crippen molar-refractivity contribution in [2.75, 3.05) is 5.32 Å². The molecule has 2 rings (SSSR count). The van der Waals surface area contributed by atoms with Crippen molar-refractivity contribution in [2.24, 2.45) is 0 Å². The van der Waals surface area contributed by atoms with Gasteiger partial charge in [0.05, 0.1) is 0 Å². The Kier molecular flexibility index (Phi) is 4.05. The van der Waals surface area contributed by atoms with Crippen LogP contribution in [-0.4, -0.2) is 11.1 Å². The number of benzene rings is 2. The number of phenolic OH excluding ortho intramolecular Hbond substituents is 1. The molecule has 0 radical (unpaired) electrons. The van der Waals surface area contributed by atoms with E-state index in [9.17, 15) is 9.50 Å². The fourth-order valence-electron chi connectivity index (χ4n) is 2.07. The predicted octanol–water partition coefficient (Wildman–Crippen LogP) is 3.88. The predicted molar refractivity (Wildman–Crippen MR) is 76.0 cm³/mol. The Labute approximate surface area is 112 Å². The molecule has 2 N–H and O–H groups in total. The molecule has 0 aromatic heterocycles. The molecule has 3 heteroatoms. The first-order chi connectivity index (χ1) is 9.06. The second-order valence-electron chi connectivity index (χ2n) is 4.84. The first-order valence-corrected chi connectivity index (χ1v) is 6.36. The highest BCUT2D eigenvalue weighted by atomic mass is 19.1. The summed E-state index contributed by atoms with van der Waals surface area (Å²) in [6, 6.07) is 12.3. The van der Waals surface area contributed by atoms with E-state index in [4.69, 9.17) is 0 Å². The molecule has 0 aliphatic heterocycles. The van der Waals surface area contributed by atoms with Gasteiger partial charge in [0.2, 0.25) is 0 Å². The van der Waals surface area contributed by atoms with Crippen LogP contribution in [0.4, 0.5) is 10.1 Å². The van der Waals surface area contributed by atoms with Crippen LogP contribution in [0.5, 0.6) is 5.75 Å². The molecule has 100 valence electrons. The van der Waals surface area contributed by atoms with Gasteiger partial charge < -0.3 is 10.4 Å². The van der Waals surface area contributed by atoms with E-state index in [1.807, 2.05) is 32.0 Å². The van der Waals surface area contributed by atoms with Crippen LogP contribution < -0.4 is 5.32 Å². The average molecular weight is 259 g/mol. The van der Waals surface area contributed by atoms with Gasteiger partial charge in [-0.2, -0.15) is 0 Å². The molecule has 0 saturated heterocycles. The summed E-state index contributed by atoms with van der Waals surface area (Å²) in [5, 5.41) is 12.8. The second-order valence-corrected chi connectivity index (χ2v) is 4.84. The molecular formula is C16H18FNO. The van der Waals surface area contributed by atoms with Crippen molar-refractivity contribution in [1.29, 1.82) is 0 Å². The Morgan fingerprint density at radius 2 is 1.95 bits per heavy atom. The van der Waals surface area contributed by atoms with E-state index in [0.29, 0.717) is 12.0 Å². The van der Waals surface area contributed by atoms with Crippen LogP contribution >= 0.6 is 0 Å². The summed E-state index contributed by atoms with van der Waals surface area (Å²) in [6.45, 7) is 3.86. The zero-order valence-electron chi connectivity index (χ0n) is 11.2. The van der Waals surface area contributed by atoms with E-state index in [-0.39, 0.29) is 17.6 Å². The van der Waals surface area contributed by atoms with Gasteiger partial charge in [0.1, 0.15) is 11.6 Å². The average Bonchev–Trinajstić information content (AvgIpc) is 2.37. The van der Waals surface area contributed by atoms with Crippen molar-refractivity contribution in [2.45, 2.75) is 26.3 Å². The normalized spacial score (nSPS) is 12.2. The van der Waals surface area contributed by atoms with Gasteiger partial charge in [-0.05, 0) is 55.7 Å². The van der Waals surface area contributed by atoms with Crippen LogP contribution in [0.25, 0.3) is 0 Å². The summed E-state index contributed by atoms with van der Waals surface area (Å²) in [5.74, 6) is 0.116. The molecule has 0 bridgehead atoms. The number of halogens is 1. The number of phenols is 1. The molecule has 0 aliphatic rings. The van der Waals surface area contributed by atoms with Crippen molar-refractivity contribution in [1.82, 2.24) is 0 Å². The maximum Gasteiger partial charge on any atom is 0.126 e. The third-order valence-electron chi connectivity index (χ3n) is 3.09. The minimum atomic E-state index is -0.168. The maximum atomic E-state index is 13.5. The maximum absolute atomic E-state index is 13.5. The Morgan fingerprint density at radius 1 is 1.21 bits per heavy atom. The van der Waals surface area contributed by atoms with Gasteiger partial charge >= 0.3 is 0 Å². The van der Waals surface area contributed by atoms with Crippen LogP contribution in [0.2, 0.25) is 0 Å².